The van der Waals surface area contributed by atoms with Gasteiger partial charge in [0.1, 0.15) is 11.9 Å². The zero-order valence-electron chi connectivity index (χ0n) is 11.7. The fourth-order valence-corrected chi connectivity index (χ4v) is 3.57. The predicted octanol–water partition coefficient (Wildman–Crippen LogP) is 1.38. The summed E-state index contributed by atoms with van der Waals surface area (Å²) in [7, 11) is 0. The van der Waals surface area contributed by atoms with Crippen LogP contribution in [0.4, 0.5) is 11.6 Å². The number of carbonyl (C=O) groups is 1. The average Bonchev–Trinajstić information content (AvgIpc) is 2.95. The van der Waals surface area contributed by atoms with Crippen molar-refractivity contribution in [2.45, 2.75) is 26.2 Å². The minimum absolute atomic E-state index is 0.106. The first-order valence-electron chi connectivity index (χ1n) is 6.90. The van der Waals surface area contributed by atoms with E-state index in [9.17, 15) is 20.0 Å². The van der Waals surface area contributed by atoms with E-state index in [1.807, 2.05) is 4.90 Å². The molecule has 3 rings (SSSR count). The second kappa shape index (κ2) is 4.64. The van der Waals surface area contributed by atoms with Crippen LogP contribution in [0.5, 0.6) is 0 Å². The average molecular weight is 292 g/mol. The van der Waals surface area contributed by atoms with Crippen molar-refractivity contribution in [1.82, 2.24) is 9.97 Å². The monoisotopic (exact) mass is 292 g/mol. The van der Waals surface area contributed by atoms with E-state index in [0.29, 0.717) is 31.2 Å². The molecule has 1 aromatic rings. The van der Waals surface area contributed by atoms with Crippen LogP contribution in [0.25, 0.3) is 0 Å². The summed E-state index contributed by atoms with van der Waals surface area (Å²) in [6, 6.07) is 0. The number of aliphatic carboxylic acids is 1. The molecule has 2 aliphatic rings. The lowest BCUT2D eigenvalue weighted by Gasteiger charge is -2.23. The summed E-state index contributed by atoms with van der Waals surface area (Å²) in [5.74, 6) is -0.270. The predicted molar refractivity (Wildman–Crippen MR) is 73.0 cm³/mol. The second-order valence-corrected chi connectivity index (χ2v) is 5.83. The van der Waals surface area contributed by atoms with Crippen molar-refractivity contribution in [3.63, 3.8) is 0 Å². The van der Waals surface area contributed by atoms with E-state index in [-0.39, 0.29) is 11.6 Å². The van der Waals surface area contributed by atoms with Gasteiger partial charge in [-0.15, -0.1) is 0 Å². The molecule has 0 radical (unpaired) electrons. The molecule has 1 saturated carbocycles. The molecule has 0 unspecified atom stereocenters. The molecule has 1 aliphatic carbocycles. The van der Waals surface area contributed by atoms with E-state index in [1.54, 1.807) is 6.92 Å². The van der Waals surface area contributed by atoms with Gasteiger partial charge < -0.3 is 10.0 Å². The number of carboxylic acids is 1. The quantitative estimate of drug-likeness (QED) is 0.662. The molecule has 2 atom stereocenters. The smallest absolute Gasteiger partial charge is 0.311 e. The van der Waals surface area contributed by atoms with Crippen LogP contribution in [0.15, 0.2) is 6.20 Å². The summed E-state index contributed by atoms with van der Waals surface area (Å²) < 4.78 is 0. The van der Waals surface area contributed by atoms with Gasteiger partial charge in [0.2, 0.25) is 5.95 Å². The van der Waals surface area contributed by atoms with E-state index >= 15 is 0 Å². The first kappa shape index (κ1) is 13.7. The Morgan fingerprint density at radius 1 is 1.62 bits per heavy atom. The van der Waals surface area contributed by atoms with Crippen LogP contribution < -0.4 is 4.90 Å². The van der Waals surface area contributed by atoms with Crippen molar-refractivity contribution < 1.29 is 14.8 Å². The lowest BCUT2D eigenvalue weighted by Crippen LogP contribution is -2.36. The van der Waals surface area contributed by atoms with E-state index in [2.05, 4.69) is 9.97 Å². The highest BCUT2D eigenvalue weighted by atomic mass is 16.6. The molecule has 1 saturated heterocycles. The van der Waals surface area contributed by atoms with Crippen LogP contribution in [0, 0.1) is 28.4 Å². The zero-order valence-corrected chi connectivity index (χ0v) is 11.7. The molecule has 0 aromatic carbocycles. The number of carboxylic acid groups (broad SMARTS) is 1. The fourth-order valence-electron chi connectivity index (χ4n) is 3.57. The summed E-state index contributed by atoms with van der Waals surface area (Å²) in [6.07, 6.45) is 3.70. The van der Waals surface area contributed by atoms with E-state index in [4.69, 9.17) is 0 Å². The molecule has 8 nitrogen and oxygen atoms in total. The molecule has 0 spiro atoms. The number of rotatable bonds is 3. The molecule has 2 heterocycles. The topological polar surface area (TPSA) is 109 Å². The Morgan fingerprint density at radius 2 is 2.38 bits per heavy atom. The molecular weight excluding hydrogens is 276 g/mol. The van der Waals surface area contributed by atoms with Gasteiger partial charge >= 0.3 is 11.7 Å². The van der Waals surface area contributed by atoms with Crippen molar-refractivity contribution in [1.29, 1.82) is 0 Å². The Kier molecular flexibility index (Phi) is 3.03. The van der Waals surface area contributed by atoms with E-state index in [0.717, 1.165) is 12.8 Å². The Hall–Kier alpha value is -2.25. The number of aryl methyl sites for hydroxylation is 1. The van der Waals surface area contributed by atoms with Crippen molar-refractivity contribution in [2.24, 2.45) is 11.3 Å². The highest BCUT2D eigenvalue weighted by Gasteiger charge is 2.55. The van der Waals surface area contributed by atoms with Crippen LogP contribution in [0.3, 0.4) is 0 Å². The van der Waals surface area contributed by atoms with Crippen molar-refractivity contribution >= 4 is 17.6 Å². The Morgan fingerprint density at radius 3 is 2.95 bits per heavy atom. The first-order chi connectivity index (χ1) is 9.94. The van der Waals surface area contributed by atoms with Gasteiger partial charge in [-0.05, 0) is 25.7 Å². The summed E-state index contributed by atoms with van der Waals surface area (Å²) >= 11 is 0. The Labute approximate surface area is 121 Å². The van der Waals surface area contributed by atoms with Gasteiger partial charge in [0, 0.05) is 13.1 Å². The summed E-state index contributed by atoms with van der Waals surface area (Å²) in [6.45, 7) is 2.54. The molecule has 0 bridgehead atoms. The molecular formula is C13H16N4O4. The third kappa shape index (κ3) is 2.01. The summed E-state index contributed by atoms with van der Waals surface area (Å²) in [5, 5.41) is 20.3. The van der Waals surface area contributed by atoms with Crippen LogP contribution in [0.1, 0.15) is 25.0 Å². The molecule has 1 N–H and O–H groups in total. The number of hydrogen-bond donors (Lipinski definition) is 1. The largest absolute Gasteiger partial charge is 0.481 e. The maximum Gasteiger partial charge on any atom is 0.311 e. The molecule has 2 fully saturated rings. The summed E-state index contributed by atoms with van der Waals surface area (Å²) in [4.78, 5) is 32.0. The van der Waals surface area contributed by atoms with Gasteiger partial charge in [-0.3, -0.25) is 14.9 Å². The highest BCUT2D eigenvalue weighted by molar-refractivity contribution is 5.77. The number of nitro groups is 1. The normalized spacial score (nSPS) is 27.7. The Balaban J connectivity index is 1.88. The Bertz CT molecular complexity index is 620. The van der Waals surface area contributed by atoms with Crippen LogP contribution in [-0.2, 0) is 4.79 Å². The lowest BCUT2D eigenvalue weighted by molar-refractivity contribution is -0.386. The van der Waals surface area contributed by atoms with Gasteiger partial charge in [0.15, 0.2) is 0 Å². The molecule has 0 amide bonds. The SMILES string of the molecule is Cc1nc(N2C[C@@H]3CCC[C@@]3(C(=O)O)C2)ncc1[N+](=O)[O-]. The standard InChI is InChI=1S/C13H16N4O4/c1-8-10(17(20)21)5-14-12(15-8)16-6-9-3-2-4-13(9,7-16)11(18)19/h5,9H,2-4,6-7H2,1H3,(H,18,19)/t9-,13+/m0/s1. The van der Waals surface area contributed by atoms with Gasteiger partial charge in [-0.2, -0.15) is 0 Å². The van der Waals surface area contributed by atoms with Crippen molar-refractivity contribution in [3.8, 4) is 0 Å². The number of hydrogen-bond acceptors (Lipinski definition) is 6. The van der Waals surface area contributed by atoms with Crippen LogP contribution >= 0.6 is 0 Å². The van der Waals surface area contributed by atoms with E-state index in [1.165, 1.54) is 6.20 Å². The van der Waals surface area contributed by atoms with E-state index < -0.39 is 16.3 Å². The minimum atomic E-state index is -0.758. The number of aromatic nitrogens is 2. The van der Waals surface area contributed by atoms with Gasteiger partial charge in [-0.25, -0.2) is 9.97 Å². The maximum absolute atomic E-state index is 11.6. The highest BCUT2D eigenvalue weighted by Crippen LogP contribution is 2.49. The molecule has 1 aliphatic heterocycles. The van der Waals surface area contributed by atoms with Gasteiger partial charge in [-0.1, -0.05) is 6.42 Å². The number of anilines is 1. The maximum atomic E-state index is 11.6. The second-order valence-electron chi connectivity index (χ2n) is 5.83. The van der Waals surface area contributed by atoms with Crippen LogP contribution in [-0.4, -0.2) is 39.1 Å². The molecule has 21 heavy (non-hydrogen) atoms. The van der Waals surface area contributed by atoms with Gasteiger partial charge in [0.25, 0.3) is 0 Å². The first-order valence-corrected chi connectivity index (χ1v) is 6.90. The third-order valence-corrected chi connectivity index (χ3v) is 4.72. The minimum Gasteiger partial charge on any atom is -0.481 e. The molecule has 1 aromatic heterocycles. The molecule has 8 heteroatoms. The molecule has 112 valence electrons. The van der Waals surface area contributed by atoms with Gasteiger partial charge in [0.05, 0.1) is 10.3 Å². The van der Waals surface area contributed by atoms with Crippen molar-refractivity contribution in [2.75, 3.05) is 18.0 Å². The number of nitrogens with zero attached hydrogens (tertiary/aromatic N) is 4. The summed E-state index contributed by atoms with van der Waals surface area (Å²) in [5.41, 5.74) is -0.531. The zero-order chi connectivity index (χ0) is 15.2. The lowest BCUT2D eigenvalue weighted by atomic mass is 9.81. The third-order valence-electron chi connectivity index (χ3n) is 4.72. The number of fused-ring (bicyclic) bond motifs is 1. The fraction of sp³-hybridized carbons (Fsp3) is 0.615. The van der Waals surface area contributed by atoms with Crippen LogP contribution in [0.2, 0.25) is 0 Å². The van der Waals surface area contributed by atoms with Crippen molar-refractivity contribution in [3.05, 3.63) is 22.0 Å².